The van der Waals surface area contributed by atoms with Gasteiger partial charge in [-0.05, 0) is 41.5 Å². The Labute approximate surface area is 209 Å². The van der Waals surface area contributed by atoms with E-state index in [1.54, 1.807) is 24.3 Å². The average molecular weight is 514 g/mol. The number of nitrogens with zero attached hydrogens (tertiary/aromatic N) is 1. The molecule has 2 N–H and O–H groups in total. The third-order valence-electron chi connectivity index (χ3n) is 5.38. The molecule has 0 unspecified atom stereocenters. The molecule has 4 rings (SSSR count). The zero-order valence-corrected chi connectivity index (χ0v) is 19.4. The van der Waals surface area contributed by atoms with E-state index in [1.165, 1.54) is 6.07 Å². The predicted molar refractivity (Wildman–Crippen MR) is 129 cm³/mol. The van der Waals surface area contributed by atoms with Crippen LogP contribution < -0.4 is 15.5 Å². The number of rotatable bonds is 7. The fourth-order valence-corrected chi connectivity index (χ4v) is 3.77. The first-order valence-corrected chi connectivity index (χ1v) is 11.1. The molecule has 1 aliphatic heterocycles. The molecule has 0 saturated carbocycles. The maximum Gasteiger partial charge on any atom is 0.416 e. The first-order valence-electron chi connectivity index (χ1n) is 10.8. The van der Waals surface area contributed by atoms with Gasteiger partial charge in [-0.2, -0.15) is 13.2 Å². The lowest BCUT2D eigenvalue weighted by Crippen LogP contribution is -2.32. The van der Waals surface area contributed by atoms with E-state index in [0.29, 0.717) is 28.8 Å². The van der Waals surface area contributed by atoms with E-state index in [2.05, 4.69) is 10.6 Å². The molecule has 3 aromatic carbocycles. The molecular weight excluding hydrogens is 495 g/mol. The van der Waals surface area contributed by atoms with Crippen molar-refractivity contribution in [3.8, 4) is 0 Å². The molecular formula is C26H19ClF3N3O3. The Morgan fingerprint density at radius 2 is 1.56 bits per heavy atom. The maximum absolute atomic E-state index is 13.1. The van der Waals surface area contributed by atoms with Crippen molar-refractivity contribution < 1.29 is 27.6 Å². The zero-order chi connectivity index (χ0) is 25.9. The molecule has 1 heterocycles. The number of carbonyl (C=O) groups is 3. The average Bonchev–Trinajstić information content (AvgIpc) is 3.07. The second-order valence-electron chi connectivity index (χ2n) is 7.94. The van der Waals surface area contributed by atoms with Crippen LogP contribution in [0.2, 0.25) is 0 Å². The van der Waals surface area contributed by atoms with Crippen LogP contribution in [0.1, 0.15) is 16.7 Å². The fourth-order valence-electron chi connectivity index (χ4n) is 3.56. The number of alkyl halides is 3. The summed E-state index contributed by atoms with van der Waals surface area (Å²) in [5, 5.41) is 5.15. The summed E-state index contributed by atoms with van der Waals surface area (Å²) >= 11 is 6.06. The molecule has 6 nitrogen and oxygen atoms in total. The number of amides is 3. The third-order valence-corrected chi connectivity index (χ3v) is 5.73. The summed E-state index contributed by atoms with van der Waals surface area (Å²) in [6.07, 6.45) is -4.50. The standard InChI is InChI=1S/C26H19ClF3N3O3/c27-22-23(25(36)33(24(22)35)20-8-4-7-18(14-20)26(28,29)30)32-19-11-9-16(10-12-19)13-21(34)31-15-17-5-2-1-3-6-17/h1-12,14,32H,13,15H2,(H,31,34). The first kappa shape index (κ1) is 25.0. The van der Waals surface area contributed by atoms with Gasteiger partial charge < -0.3 is 10.6 Å². The minimum Gasteiger partial charge on any atom is -0.352 e. The monoisotopic (exact) mass is 513 g/mol. The Morgan fingerprint density at radius 3 is 2.22 bits per heavy atom. The van der Waals surface area contributed by atoms with Gasteiger partial charge in [0.05, 0.1) is 17.7 Å². The van der Waals surface area contributed by atoms with Crippen molar-refractivity contribution in [2.75, 3.05) is 10.2 Å². The molecule has 0 aromatic heterocycles. The van der Waals surface area contributed by atoms with Crippen LogP contribution in [0.15, 0.2) is 89.6 Å². The summed E-state index contributed by atoms with van der Waals surface area (Å²) in [5.41, 5.74) is 0.598. The lowest BCUT2D eigenvalue weighted by atomic mass is 10.1. The van der Waals surface area contributed by atoms with E-state index < -0.39 is 28.6 Å². The van der Waals surface area contributed by atoms with E-state index >= 15 is 0 Å². The van der Waals surface area contributed by atoms with Crippen LogP contribution in [0.4, 0.5) is 24.5 Å². The molecule has 0 fully saturated rings. The van der Waals surface area contributed by atoms with Crippen LogP contribution in [0.5, 0.6) is 0 Å². The first-order chi connectivity index (χ1) is 17.1. The van der Waals surface area contributed by atoms with E-state index in [0.717, 1.165) is 17.7 Å². The van der Waals surface area contributed by atoms with E-state index in [9.17, 15) is 27.6 Å². The highest BCUT2D eigenvalue weighted by atomic mass is 35.5. The Kier molecular flexibility index (Phi) is 7.12. The van der Waals surface area contributed by atoms with Crippen LogP contribution in [-0.2, 0) is 33.5 Å². The number of carbonyl (C=O) groups excluding carboxylic acids is 3. The highest BCUT2D eigenvalue weighted by Gasteiger charge is 2.40. The lowest BCUT2D eigenvalue weighted by molar-refractivity contribution is -0.137. The van der Waals surface area contributed by atoms with Crippen LogP contribution in [0.25, 0.3) is 0 Å². The van der Waals surface area contributed by atoms with E-state index in [4.69, 9.17) is 11.6 Å². The minimum atomic E-state index is -4.64. The van der Waals surface area contributed by atoms with Gasteiger partial charge in [0.25, 0.3) is 11.8 Å². The zero-order valence-electron chi connectivity index (χ0n) is 18.6. The van der Waals surface area contributed by atoms with Crippen LogP contribution in [-0.4, -0.2) is 17.7 Å². The third kappa shape index (κ3) is 5.58. The molecule has 36 heavy (non-hydrogen) atoms. The quantitative estimate of drug-likeness (QED) is 0.436. The summed E-state index contributed by atoms with van der Waals surface area (Å²) in [7, 11) is 0. The summed E-state index contributed by atoms with van der Waals surface area (Å²) < 4.78 is 39.2. The van der Waals surface area contributed by atoms with Crippen molar-refractivity contribution in [3.63, 3.8) is 0 Å². The van der Waals surface area contributed by atoms with E-state index in [1.807, 2.05) is 30.3 Å². The van der Waals surface area contributed by atoms with Gasteiger partial charge in [-0.25, -0.2) is 4.90 Å². The topological polar surface area (TPSA) is 78.5 Å². The van der Waals surface area contributed by atoms with E-state index in [-0.39, 0.29) is 23.7 Å². The highest BCUT2D eigenvalue weighted by molar-refractivity contribution is 6.53. The van der Waals surface area contributed by atoms with Crippen molar-refractivity contribution in [2.45, 2.75) is 19.1 Å². The fraction of sp³-hybridized carbons (Fsp3) is 0.115. The number of anilines is 2. The van der Waals surface area contributed by atoms with Gasteiger partial charge in [0, 0.05) is 12.2 Å². The highest BCUT2D eigenvalue weighted by Crippen LogP contribution is 2.35. The van der Waals surface area contributed by atoms with Gasteiger partial charge in [0.15, 0.2) is 0 Å². The second kappa shape index (κ2) is 10.2. The Balaban J connectivity index is 1.41. The van der Waals surface area contributed by atoms with Crippen LogP contribution >= 0.6 is 11.6 Å². The van der Waals surface area contributed by atoms with Gasteiger partial charge >= 0.3 is 6.18 Å². The molecule has 3 aromatic rings. The number of hydrogen-bond acceptors (Lipinski definition) is 4. The Hall–Kier alpha value is -4.11. The van der Waals surface area contributed by atoms with Crippen molar-refractivity contribution in [1.82, 2.24) is 5.32 Å². The van der Waals surface area contributed by atoms with Gasteiger partial charge in [-0.1, -0.05) is 60.1 Å². The Bertz CT molecular complexity index is 1340. The van der Waals surface area contributed by atoms with Gasteiger partial charge in [-0.15, -0.1) is 0 Å². The molecule has 0 atom stereocenters. The van der Waals surface area contributed by atoms with Crippen LogP contribution in [0, 0.1) is 0 Å². The van der Waals surface area contributed by atoms with Crippen molar-refractivity contribution in [2.24, 2.45) is 0 Å². The summed E-state index contributed by atoms with van der Waals surface area (Å²) in [5.74, 6) is -1.98. The summed E-state index contributed by atoms with van der Waals surface area (Å²) in [6.45, 7) is 0.407. The van der Waals surface area contributed by atoms with Crippen molar-refractivity contribution in [1.29, 1.82) is 0 Å². The number of halogens is 4. The molecule has 3 amide bonds. The van der Waals surface area contributed by atoms with Gasteiger partial charge in [0.2, 0.25) is 5.91 Å². The van der Waals surface area contributed by atoms with Crippen molar-refractivity contribution in [3.05, 3.63) is 106 Å². The van der Waals surface area contributed by atoms with Gasteiger partial charge in [-0.3, -0.25) is 14.4 Å². The summed E-state index contributed by atoms with van der Waals surface area (Å²) in [6, 6.07) is 19.9. The smallest absolute Gasteiger partial charge is 0.352 e. The van der Waals surface area contributed by atoms with Crippen molar-refractivity contribution >= 4 is 40.7 Å². The SMILES string of the molecule is O=C(Cc1ccc(NC2=C(Cl)C(=O)N(c3cccc(C(F)(F)F)c3)C2=O)cc1)NCc1ccccc1. The number of imide groups is 1. The number of hydrogen-bond donors (Lipinski definition) is 2. The molecule has 184 valence electrons. The normalized spacial score (nSPS) is 13.8. The molecule has 0 bridgehead atoms. The lowest BCUT2D eigenvalue weighted by Gasteiger charge is -2.17. The number of benzene rings is 3. The molecule has 10 heteroatoms. The van der Waals surface area contributed by atoms with Gasteiger partial charge in [0.1, 0.15) is 10.7 Å². The minimum absolute atomic E-state index is 0.136. The van der Waals surface area contributed by atoms with Crippen LogP contribution in [0.3, 0.4) is 0 Å². The molecule has 0 spiro atoms. The maximum atomic E-state index is 13.1. The molecule has 0 saturated heterocycles. The predicted octanol–water partition coefficient (Wildman–Crippen LogP) is 5.00. The molecule has 0 radical (unpaired) electrons. The Morgan fingerprint density at radius 1 is 0.861 bits per heavy atom. The summed E-state index contributed by atoms with van der Waals surface area (Å²) in [4.78, 5) is 38.2. The number of nitrogens with one attached hydrogen (secondary N) is 2. The molecule has 0 aliphatic carbocycles. The largest absolute Gasteiger partial charge is 0.416 e. The second-order valence-corrected chi connectivity index (χ2v) is 8.32. The molecule has 1 aliphatic rings.